The van der Waals surface area contributed by atoms with Crippen LogP contribution in [0.25, 0.3) is 5.57 Å². The molecule has 2 nitrogen and oxygen atoms in total. The van der Waals surface area contributed by atoms with Gasteiger partial charge >= 0.3 is 5.97 Å². The first-order valence-electron chi connectivity index (χ1n) is 5.44. The minimum Gasteiger partial charge on any atom is -0.481 e. The molecule has 0 saturated carbocycles. The van der Waals surface area contributed by atoms with E-state index in [1.54, 1.807) is 6.92 Å². The van der Waals surface area contributed by atoms with Crippen molar-refractivity contribution in [3.63, 3.8) is 0 Å². The van der Waals surface area contributed by atoms with Crippen molar-refractivity contribution in [1.29, 1.82) is 0 Å². The Kier molecular flexibility index (Phi) is 3.88. The number of aliphatic carboxylic acids is 1. The van der Waals surface area contributed by atoms with Crippen LogP contribution in [-0.4, -0.2) is 11.1 Å². The molecule has 1 N–H and O–H groups in total. The van der Waals surface area contributed by atoms with Gasteiger partial charge in [0, 0.05) is 0 Å². The van der Waals surface area contributed by atoms with Gasteiger partial charge in [0.05, 0.1) is 5.92 Å². The molecule has 1 atom stereocenters. The van der Waals surface area contributed by atoms with Crippen LogP contribution in [0.5, 0.6) is 0 Å². The van der Waals surface area contributed by atoms with Crippen molar-refractivity contribution in [2.75, 3.05) is 0 Å². The third-order valence-electron chi connectivity index (χ3n) is 3.07. The molecular formula is C14H18O2. The van der Waals surface area contributed by atoms with Gasteiger partial charge in [-0.2, -0.15) is 0 Å². The lowest BCUT2D eigenvalue weighted by Gasteiger charge is -2.14. The average molecular weight is 218 g/mol. The van der Waals surface area contributed by atoms with Crippen molar-refractivity contribution in [3.05, 3.63) is 41.0 Å². The molecule has 1 aromatic rings. The van der Waals surface area contributed by atoms with Crippen molar-refractivity contribution in [3.8, 4) is 0 Å². The van der Waals surface area contributed by atoms with Gasteiger partial charge in [-0.05, 0) is 50.0 Å². The lowest BCUT2D eigenvalue weighted by Crippen LogP contribution is -2.09. The van der Waals surface area contributed by atoms with Crippen molar-refractivity contribution in [2.45, 2.75) is 33.6 Å². The summed E-state index contributed by atoms with van der Waals surface area (Å²) in [6.45, 7) is 7.73. The number of carbonyl (C=O) groups is 1. The zero-order valence-corrected chi connectivity index (χ0v) is 10.2. The normalized spacial score (nSPS) is 13.6. The van der Waals surface area contributed by atoms with Gasteiger partial charge in [-0.3, -0.25) is 4.79 Å². The molecule has 0 aliphatic carbocycles. The summed E-state index contributed by atoms with van der Waals surface area (Å²) in [7, 11) is 0. The van der Waals surface area contributed by atoms with Crippen LogP contribution in [0.4, 0.5) is 0 Å². The number of allylic oxidation sites excluding steroid dienone is 2. The smallest absolute Gasteiger partial charge is 0.310 e. The second-order valence-electron chi connectivity index (χ2n) is 4.05. The van der Waals surface area contributed by atoms with E-state index in [-0.39, 0.29) is 0 Å². The molecule has 0 radical (unpaired) electrons. The van der Waals surface area contributed by atoms with Crippen LogP contribution in [-0.2, 0) is 4.79 Å². The topological polar surface area (TPSA) is 37.3 Å². The molecule has 0 saturated heterocycles. The summed E-state index contributed by atoms with van der Waals surface area (Å²) in [5, 5.41) is 9.03. The molecule has 16 heavy (non-hydrogen) atoms. The van der Waals surface area contributed by atoms with E-state index >= 15 is 0 Å². The van der Waals surface area contributed by atoms with Crippen LogP contribution in [0.15, 0.2) is 24.3 Å². The van der Waals surface area contributed by atoms with E-state index < -0.39 is 11.9 Å². The molecule has 0 aliphatic heterocycles. The molecule has 0 spiro atoms. The average Bonchev–Trinajstić information content (AvgIpc) is 2.27. The van der Waals surface area contributed by atoms with E-state index in [9.17, 15) is 4.79 Å². The minimum atomic E-state index is -0.779. The Balaban J connectivity index is 3.29. The maximum atomic E-state index is 11.0. The molecule has 0 aliphatic rings. The fraction of sp³-hybridized carbons (Fsp3) is 0.357. The van der Waals surface area contributed by atoms with Crippen LogP contribution in [0, 0.1) is 6.92 Å². The maximum absolute atomic E-state index is 11.0. The largest absolute Gasteiger partial charge is 0.481 e. The number of hydrogen-bond donors (Lipinski definition) is 1. The third-order valence-corrected chi connectivity index (χ3v) is 3.07. The second kappa shape index (κ2) is 4.97. The maximum Gasteiger partial charge on any atom is 0.310 e. The Morgan fingerprint density at radius 2 is 2.06 bits per heavy atom. The van der Waals surface area contributed by atoms with Crippen molar-refractivity contribution in [1.82, 2.24) is 0 Å². The summed E-state index contributed by atoms with van der Waals surface area (Å²) in [6, 6.07) is 5.84. The van der Waals surface area contributed by atoms with E-state index in [0.29, 0.717) is 0 Å². The summed E-state index contributed by atoms with van der Waals surface area (Å²) in [6.07, 6.45) is 2.04. The van der Waals surface area contributed by atoms with Gasteiger partial charge in [0.1, 0.15) is 0 Å². The van der Waals surface area contributed by atoms with Crippen LogP contribution in [0.1, 0.15) is 43.4 Å². The first kappa shape index (κ1) is 12.5. The summed E-state index contributed by atoms with van der Waals surface area (Å²) in [5.41, 5.74) is 4.27. The fourth-order valence-electron chi connectivity index (χ4n) is 1.84. The molecule has 86 valence electrons. The Bertz CT molecular complexity index is 430. The van der Waals surface area contributed by atoms with Gasteiger partial charge in [0.2, 0.25) is 0 Å². The fourth-order valence-corrected chi connectivity index (χ4v) is 1.84. The molecule has 0 amide bonds. The summed E-state index contributed by atoms with van der Waals surface area (Å²) < 4.78 is 0. The SMILES string of the molecule is C/C=C(/C)c1cccc(C(C)C(=O)O)c1C. The lowest BCUT2D eigenvalue weighted by molar-refractivity contribution is -0.138. The van der Waals surface area contributed by atoms with Crippen LogP contribution in [0.2, 0.25) is 0 Å². The Hall–Kier alpha value is -1.57. The molecule has 1 aromatic carbocycles. The van der Waals surface area contributed by atoms with Crippen LogP contribution >= 0.6 is 0 Å². The lowest BCUT2D eigenvalue weighted by atomic mass is 9.90. The summed E-state index contributed by atoms with van der Waals surface area (Å²) >= 11 is 0. The summed E-state index contributed by atoms with van der Waals surface area (Å²) in [5.74, 6) is -1.23. The highest BCUT2D eigenvalue weighted by atomic mass is 16.4. The quantitative estimate of drug-likeness (QED) is 0.841. The van der Waals surface area contributed by atoms with Crippen molar-refractivity contribution < 1.29 is 9.90 Å². The molecule has 0 heterocycles. The zero-order valence-electron chi connectivity index (χ0n) is 10.2. The highest BCUT2D eigenvalue weighted by Gasteiger charge is 2.17. The number of hydrogen-bond acceptors (Lipinski definition) is 1. The first-order valence-corrected chi connectivity index (χ1v) is 5.44. The van der Waals surface area contributed by atoms with Crippen molar-refractivity contribution in [2.24, 2.45) is 0 Å². The molecular weight excluding hydrogens is 200 g/mol. The number of carboxylic acid groups (broad SMARTS) is 1. The second-order valence-corrected chi connectivity index (χ2v) is 4.05. The van der Waals surface area contributed by atoms with E-state index in [1.807, 2.05) is 45.0 Å². The van der Waals surface area contributed by atoms with E-state index in [0.717, 1.165) is 16.7 Å². The van der Waals surface area contributed by atoms with Crippen LogP contribution < -0.4 is 0 Å². The standard InChI is InChI=1S/C14H18O2/c1-5-9(2)12-7-6-8-13(10(12)3)11(4)14(15)16/h5-8,11H,1-4H3,(H,15,16)/b9-5-. The van der Waals surface area contributed by atoms with Gasteiger partial charge in [-0.1, -0.05) is 24.3 Å². The van der Waals surface area contributed by atoms with Gasteiger partial charge in [0.15, 0.2) is 0 Å². The highest BCUT2D eigenvalue weighted by molar-refractivity contribution is 5.77. The predicted octanol–water partition coefficient (Wildman–Crippen LogP) is 3.61. The van der Waals surface area contributed by atoms with Gasteiger partial charge in [-0.25, -0.2) is 0 Å². The molecule has 0 fully saturated rings. The summed E-state index contributed by atoms with van der Waals surface area (Å²) in [4.78, 5) is 11.0. The zero-order chi connectivity index (χ0) is 12.3. The van der Waals surface area contributed by atoms with Gasteiger partial charge in [-0.15, -0.1) is 0 Å². The van der Waals surface area contributed by atoms with E-state index in [2.05, 4.69) is 0 Å². The molecule has 1 unspecified atom stereocenters. The molecule has 2 heteroatoms. The van der Waals surface area contributed by atoms with Crippen LogP contribution in [0.3, 0.4) is 0 Å². The predicted molar refractivity (Wildman–Crippen MR) is 66.6 cm³/mol. The number of benzene rings is 1. The van der Waals surface area contributed by atoms with E-state index in [1.165, 1.54) is 5.57 Å². The molecule has 1 rings (SSSR count). The monoisotopic (exact) mass is 218 g/mol. The first-order chi connectivity index (χ1) is 7.49. The minimum absolute atomic E-state index is 0.454. The highest BCUT2D eigenvalue weighted by Crippen LogP contribution is 2.26. The molecule has 0 aromatic heterocycles. The Morgan fingerprint density at radius 3 is 2.56 bits per heavy atom. The van der Waals surface area contributed by atoms with Gasteiger partial charge in [0.25, 0.3) is 0 Å². The number of rotatable bonds is 3. The Labute approximate surface area is 96.6 Å². The molecule has 0 bridgehead atoms. The van der Waals surface area contributed by atoms with Crippen molar-refractivity contribution >= 4 is 11.5 Å². The third kappa shape index (κ3) is 2.32. The Morgan fingerprint density at radius 1 is 1.44 bits per heavy atom. The van der Waals surface area contributed by atoms with E-state index in [4.69, 9.17) is 5.11 Å². The number of carboxylic acids is 1. The van der Waals surface area contributed by atoms with Gasteiger partial charge < -0.3 is 5.11 Å².